The van der Waals surface area contributed by atoms with Gasteiger partial charge in [0.1, 0.15) is 6.04 Å². The maximum absolute atomic E-state index is 13.0. The summed E-state index contributed by atoms with van der Waals surface area (Å²) in [7, 11) is 0. The van der Waals surface area contributed by atoms with Gasteiger partial charge < -0.3 is 25.8 Å². The number of hydrogen-bond donors (Lipinski definition) is 5. The summed E-state index contributed by atoms with van der Waals surface area (Å²) in [6, 6.07) is 18.4. The molecule has 4 rings (SSSR count). The van der Waals surface area contributed by atoms with Crippen LogP contribution in [0.3, 0.4) is 0 Å². The number of aliphatic carboxylic acids is 1. The van der Waals surface area contributed by atoms with Crippen molar-refractivity contribution in [3.05, 3.63) is 93.5 Å². The maximum Gasteiger partial charge on any atom is 0.328 e. The fourth-order valence-electron chi connectivity index (χ4n) is 3.98. The third-order valence-corrected chi connectivity index (χ3v) is 7.39. The average molecular weight is 559 g/mol. The number of hydrogen-bond acceptors (Lipinski definition) is 5. The number of aryl methyl sites for hydroxylation is 1. The Bertz CT molecular complexity index is 1310. The third kappa shape index (κ3) is 6.68. The van der Waals surface area contributed by atoms with Crippen molar-refractivity contribution in [1.29, 1.82) is 0 Å². The van der Waals surface area contributed by atoms with E-state index in [2.05, 4.69) is 20.7 Å². The molecule has 5 N–H and O–H groups in total. The van der Waals surface area contributed by atoms with Crippen molar-refractivity contribution in [2.75, 3.05) is 11.3 Å². The number of amides is 3. The van der Waals surface area contributed by atoms with Crippen molar-refractivity contribution in [2.24, 2.45) is 0 Å². The highest BCUT2D eigenvalue weighted by Crippen LogP contribution is 2.34. The van der Waals surface area contributed by atoms with Crippen molar-refractivity contribution in [1.82, 2.24) is 16.0 Å². The van der Waals surface area contributed by atoms with Gasteiger partial charge in [-0.3, -0.25) is 4.79 Å². The monoisotopic (exact) mass is 558 g/mol. The van der Waals surface area contributed by atoms with E-state index in [1.165, 1.54) is 23.6 Å². The van der Waals surface area contributed by atoms with Gasteiger partial charge in [0, 0.05) is 4.90 Å². The van der Waals surface area contributed by atoms with E-state index in [1.54, 1.807) is 6.07 Å². The number of carbonyl (C=O) groups is 3. The number of carboxylic acid groups (broad SMARTS) is 1. The van der Waals surface area contributed by atoms with Gasteiger partial charge >= 0.3 is 12.0 Å². The van der Waals surface area contributed by atoms with Crippen molar-refractivity contribution in [2.45, 2.75) is 29.8 Å². The lowest BCUT2D eigenvalue weighted by atomic mass is 10.1. The molecule has 192 valence electrons. The van der Waals surface area contributed by atoms with Crippen LogP contribution >= 0.6 is 35.1 Å². The van der Waals surface area contributed by atoms with Gasteiger partial charge in [-0.15, -0.1) is 0 Å². The van der Waals surface area contributed by atoms with Crippen LogP contribution in [0.2, 0.25) is 10.0 Å². The molecule has 3 aromatic carbocycles. The van der Waals surface area contributed by atoms with Gasteiger partial charge in [-0.25, -0.2) is 9.59 Å². The van der Waals surface area contributed by atoms with Crippen LogP contribution < -0.4 is 20.7 Å². The van der Waals surface area contributed by atoms with E-state index in [4.69, 9.17) is 23.2 Å². The molecule has 8 nitrogen and oxygen atoms in total. The minimum atomic E-state index is -1.41. The second-order valence-corrected chi connectivity index (χ2v) is 9.97. The molecule has 37 heavy (non-hydrogen) atoms. The summed E-state index contributed by atoms with van der Waals surface area (Å²) in [5.41, 5.74) is 2.59. The number of carbonyl (C=O) groups excluding carboxylic acids is 2. The SMILES string of the molecule is O=C(NC[C@H](NC(=O)c1c(Cl)ccc(NSc2ccccc2)c1Cl)C(=O)O)N[C@@H]1CCc2ccccc21. The van der Waals surface area contributed by atoms with Crippen LogP contribution in [0.25, 0.3) is 0 Å². The Hall–Kier alpha value is -3.40. The minimum absolute atomic E-state index is 0.0446. The Balaban J connectivity index is 1.37. The van der Waals surface area contributed by atoms with Crippen molar-refractivity contribution in [3.8, 4) is 0 Å². The molecule has 0 spiro atoms. The van der Waals surface area contributed by atoms with Gasteiger partial charge in [-0.1, -0.05) is 65.7 Å². The Morgan fingerprint density at radius 2 is 1.73 bits per heavy atom. The van der Waals surface area contributed by atoms with Gasteiger partial charge in [0.05, 0.1) is 33.9 Å². The van der Waals surface area contributed by atoms with Gasteiger partial charge in [-0.05, 0) is 60.2 Å². The summed E-state index contributed by atoms with van der Waals surface area (Å²) in [6.07, 6.45) is 1.62. The zero-order chi connectivity index (χ0) is 26.4. The summed E-state index contributed by atoms with van der Waals surface area (Å²) >= 11 is 14.0. The van der Waals surface area contributed by atoms with Crippen LogP contribution in [0.5, 0.6) is 0 Å². The van der Waals surface area contributed by atoms with Crippen molar-refractivity contribution in [3.63, 3.8) is 0 Å². The van der Waals surface area contributed by atoms with Gasteiger partial charge in [0.2, 0.25) is 0 Å². The maximum atomic E-state index is 13.0. The Morgan fingerprint density at radius 3 is 2.49 bits per heavy atom. The van der Waals surface area contributed by atoms with Crippen LogP contribution in [0.1, 0.15) is 33.9 Å². The molecule has 0 unspecified atom stereocenters. The molecule has 11 heteroatoms. The Morgan fingerprint density at radius 1 is 1.00 bits per heavy atom. The first-order valence-electron chi connectivity index (χ1n) is 11.4. The van der Waals surface area contributed by atoms with E-state index in [0.29, 0.717) is 5.69 Å². The zero-order valence-electron chi connectivity index (χ0n) is 19.5. The van der Waals surface area contributed by atoms with E-state index < -0.39 is 23.9 Å². The van der Waals surface area contributed by atoms with E-state index >= 15 is 0 Å². The number of urea groups is 1. The molecular formula is C26H24Cl2N4O4S. The predicted molar refractivity (Wildman–Crippen MR) is 145 cm³/mol. The lowest BCUT2D eigenvalue weighted by molar-refractivity contribution is -0.139. The quantitative estimate of drug-likeness (QED) is 0.228. The van der Waals surface area contributed by atoms with Gasteiger partial charge in [0.15, 0.2) is 0 Å². The van der Waals surface area contributed by atoms with Crippen LogP contribution in [-0.2, 0) is 11.2 Å². The Labute approximate surface area is 228 Å². The van der Waals surface area contributed by atoms with Crippen molar-refractivity contribution >= 4 is 58.7 Å². The third-order valence-electron chi connectivity index (χ3n) is 5.85. The topological polar surface area (TPSA) is 120 Å². The van der Waals surface area contributed by atoms with E-state index in [1.807, 2.05) is 54.6 Å². The highest BCUT2D eigenvalue weighted by molar-refractivity contribution is 8.00. The first-order valence-corrected chi connectivity index (χ1v) is 13.0. The normalized spacial score (nSPS) is 14.8. The highest BCUT2D eigenvalue weighted by atomic mass is 35.5. The molecule has 3 aromatic rings. The highest BCUT2D eigenvalue weighted by Gasteiger charge is 2.27. The van der Waals surface area contributed by atoms with Gasteiger partial charge in [0.25, 0.3) is 5.91 Å². The second kappa shape index (κ2) is 12.2. The number of carboxylic acids is 1. The first-order chi connectivity index (χ1) is 17.8. The molecule has 0 bridgehead atoms. The molecule has 1 aliphatic carbocycles. The van der Waals surface area contributed by atoms with Crippen LogP contribution in [0.15, 0.2) is 71.6 Å². The fourth-order valence-corrected chi connectivity index (χ4v) is 5.32. The van der Waals surface area contributed by atoms with Gasteiger partial charge in [-0.2, -0.15) is 0 Å². The van der Waals surface area contributed by atoms with E-state index in [9.17, 15) is 19.5 Å². The summed E-state index contributed by atoms with van der Waals surface area (Å²) in [6.45, 7) is -0.335. The average Bonchev–Trinajstić information content (AvgIpc) is 3.29. The summed E-state index contributed by atoms with van der Waals surface area (Å²) in [5, 5.41) is 17.5. The number of fused-ring (bicyclic) bond motifs is 1. The standard InChI is InChI=1S/C26H24Cl2N4O4S/c27-18-11-13-20(32-37-16-7-2-1-3-8-16)23(28)22(18)24(33)30-21(25(34)35)14-29-26(36)31-19-12-10-15-6-4-5-9-17(15)19/h1-9,11,13,19,21,32H,10,12,14H2,(H,30,33)(H,34,35)(H2,29,31,36)/t19-,21+/m1/s1. The molecule has 2 atom stereocenters. The number of nitrogens with one attached hydrogen (secondary N) is 4. The van der Waals surface area contributed by atoms with E-state index in [-0.39, 0.29) is 28.2 Å². The first kappa shape index (κ1) is 26.7. The van der Waals surface area contributed by atoms with Crippen LogP contribution in [-0.4, -0.2) is 35.6 Å². The fraction of sp³-hybridized carbons (Fsp3) is 0.192. The van der Waals surface area contributed by atoms with Crippen molar-refractivity contribution < 1.29 is 19.5 Å². The van der Waals surface area contributed by atoms with Crippen LogP contribution in [0.4, 0.5) is 10.5 Å². The number of benzene rings is 3. The molecule has 0 aromatic heterocycles. The summed E-state index contributed by atoms with van der Waals surface area (Å²) in [4.78, 5) is 38.2. The van der Waals surface area contributed by atoms with Crippen LogP contribution in [0, 0.1) is 0 Å². The zero-order valence-corrected chi connectivity index (χ0v) is 21.8. The molecule has 0 saturated carbocycles. The molecule has 0 heterocycles. The second-order valence-electron chi connectivity index (χ2n) is 8.31. The molecule has 1 aliphatic rings. The Kier molecular flexibility index (Phi) is 8.81. The molecule has 0 aliphatic heterocycles. The number of halogens is 2. The smallest absolute Gasteiger partial charge is 0.328 e. The summed E-state index contributed by atoms with van der Waals surface area (Å²) < 4.78 is 3.07. The minimum Gasteiger partial charge on any atom is -0.480 e. The summed E-state index contributed by atoms with van der Waals surface area (Å²) in [5.74, 6) is -2.09. The lowest BCUT2D eigenvalue weighted by Gasteiger charge is -2.19. The molecule has 0 radical (unpaired) electrons. The molecule has 0 fully saturated rings. The largest absolute Gasteiger partial charge is 0.480 e. The predicted octanol–water partition coefficient (Wildman–Crippen LogP) is 5.28. The number of anilines is 1. The molecule has 0 saturated heterocycles. The number of rotatable bonds is 9. The lowest BCUT2D eigenvalue weighted by Crippen LogP contribution is -2.50. The van der Waals surface area contributed by atoms with E-state index in [0.717, 1.165) is 23.3 Å². The molecule has 3 amide bonds. The molecular weight excluding hydrogens is 535 g/mol.